The van der Waals surface area contributed by atoms with E-state index in [1.165, 1.54) is 19.3 Å². The first kappa shape index (κ1) is 19.7. The first-order valence-corrected chi connectivity index (χ1v) is 8.21. The minimum atomic E-state index is -1.05. The van der Waals surface area contributed by atoms with Gasteiger partial charge in [0, 0.05) is 12.3 Å². The quantitative estimate of drug-likeness (QED) is 0.320. The molecule has 3 heteroatoms. The largest absolute Gasteiger partial charge is 0.472 e. The number of allylic oxidation sites excluding steroid dienone is 1. The van der Waals surface area contributed by atoms with Gasteiger partial charge in [0.2, 0.25) is 0 Å². The highest BCUT2D eigenvalue weighted by molar-refractivity contribution is 5.86. The molecule has 0 aliphatic heterocycles. The van der Waals surface area contributed by atoms with Crippen molar-refractivity contribution in [2.75, 3.05) is 0 Å². The molecule has 2 N–H and O–H groups in total. The summed E-state index contributed by atoms with van der Waals surface area (Å²) < 4.78 is 0. The maximum absolute atomic E-state index is 10.2. The Morgan fingerprint density at radius 1 is 1.10 bits per heavy atom. The Morgan fingerprint density at radius 3 is 2.57 bits per heavy atom. The first-order chi connectivity index (χ1) is 10.2. The summed E-state index contributed by atoms with van der Waals surface area (Å²) in [4.78, 5) is 10.2. The molecule has 0 radical (unpaired) electrons. The van der Waals surface area contributed by atoms with Crippen LogP contribution in [0.2, 0.25) is 0 Å². The number of hydrogen-bond acceptors (Lipinski definition) is 2. The van der Waals surface area contributed by atoms with E-state index >= 15 is 0 Å². The highest BCUT2D eigenvalue weighted by atomic mass is 16.4. The third-order valence-electron chi connectivity index (χ3n) is 3.33. The van der Waals surface area contributed by atoms with Crippen LogP contribution < -0.4 is 0 Å². The average molecular weight is 294 g/mol. The fraction of sp³-hybridized carbons (Fsp3) is 0.722. The van der Waals surface area contributed by atoms with Crippen molar-refractivity contribution in [3.8, 4) is 11.8 Å². The second-order valence-corrected chi connectivity index (χ2v) is 5.42. The van der Waals surface area contributed by atoms with Crippen LogP contribution in [0.4, 0.5) is 0 Å². The van der Waals surface area contributed by atoms with Crippen LogP contribution in [-0.2, 0) is 4.79 Å². The lowest BCUT2D eigenvalue weighted by molar-refractivity contribution is -0.130. The van der Waals surface area contributed by atoms with E-state index in [2.05, 4.69) is 30.9 Å². The molecule has 1 atom stereocenters. The second-order valence-electron chi connectivity index (χ2n) is 5.42. The van der Waals surface area contributed by atoms with E-state index in [0.29, 0.717) is 6.42 Å². The van der Waals surface area contributed by atoms with E-state index in [4.69, 9.17) is 5.11 Å². The van der Waals surface area contributed by atoms with Crippen LogP contribution in [-0.4, -0.2) is 22.3 Å². The van der Waals surface area contributed by atoms with Crippen molar-refractivity contribution in [1.29, 1.82) is 0 Å². The summed E-state index contributed by atoms with van der Waals surface area (Å²) in [5, 5.41) is 18.1. The van der Waals surface area contributed by atoms with Gasteiger partial charge >= 0.3 is 5.97 Å². The van der Waals surface area contributed by atoms with E-state index in [1.807, 2.05) is 0 Å². The zero-order chi connectivity index (χ0) is 15.8. The summed E-state index contributed by atoms with van der Waals surface area (Å²) in [7, 11) is 0. The van der Waals surface area contributed by atoms with Crippen LogP contribution in [0, 0.1) is 11.8 Å². The molecule has 0 saturated heterocycles. The Morgan fingerprint density at radius 2 is 1.86 bits per heavy atom. The summed E-state index contributed by atoms with van der Waals surface area (Å²) in [6.07, 6.45) is 15.3. The summed E-state index contributed by atoms with van der Waals surface area (Å²) in [5.41, 5.74) is 0. The van der Waals surface area contributed by atoms with Crippen molar-refractivity contribution >= 4 is 5.97 Å². The molecule has 0 spiro atoms. The molecular formula is C18H30O3. The summed E-state index contributed by atoms with van der Waals surface area (Å²) in [6.45, 7) is 2.19. The van der Waals surface area contributed by atoms with Gasteiger partial charge in [-0.25, -0.2) is 4.79 Å². The second kappa shape index (κ2) is 15.1. The minimum absolute atomic E-state index is 0.190. The van der Waals surface area contributed by atoms with Gasteiger partial charge in [-0.1, -0.05) is 57.1 Å². The Bertz CT molecular complexity index is 336. The molecule has 21 heavy (non-hydrogen) atoms. The summed E-state index contributed by atoms with van der Waals surface area (Å²) in [6, 6.07) is 0. The fourth-order valence-electron chi connectivity index (χ4n) is 2.09. The summed E-state index contributed by atoms with van der Waals surface area (Å²) >= 11 is 0. The number of aliphatic carboxylic acids is 1. The van der Waals surface area contributed by atoms with Crippen LogP contribution in [0.1, 0.15) is 77.6 Å². The highest BCUT2D eigenvalue weighted by Gasteiger charge is 2.00. The van der Waals surface area contributed by atoms with E-state index in [0.717, 1.165) is 44.9 Å². The standard InChI is InChI=1S/C18H30O3/c1-2-3-4-11-14-17(19)15-12-9-7-5-6-8-10-13-16-18(20)21/h9,12,17,19H,2-8,10-11,14-15H2,1H3,(H,20,21)/t17-/m1/s1. The molecule has 0 amide bonds. The van der Waals surface area contributed by atoms with Crippen molar-refractivity contribution in [1.82, 2.24) is 0 Å². The highest BCUT2D eigenvalue weighted by Crippen LogP contribution is 2.09. The molecule has 0 heterocycles. The number of rotatable bonds is 12. The molecule has 0 unspecified atom stereocenters. The van der Waals surface area contributed by atoms with Crippen LogP contribution >= 0.6 is 0 Å². The fourth-order valence-corrected chi connectivity index (χ4v) is 2.09. The lowest BCUT2D eigenvalue weighted by atomic mass is 10.1. The van der Waals surface area contributed by atoms with Gasteiger partial charge in [-0.3, -0.25) is 0 Å². The first-order valence-electron chi connectivity index (χ1n) is 8.21. The monoisotopic (exact) mass is 294 g/mol. The van der Waals surface area contributed by atoms with Crippen molar-refractivity contribution in [2.24, 2.45) is 0 Å². The molecule has 0 aromatic heterocycles. The van der Waals surface area contributed by atoms with Gasteiger partial charge in [-0.05, 0) is 32.1 Å². The molecule has 0 rings (SSSR count). The molecule has 0 aromatic rings. The number of aliphatic hydroxyl groups is 1. The predicted octanol–water partition coefficient (Wildman–Crippen LogP) is 4.30. The molecule has 0 fully saturated rings. The lowest BCUT2D eigenvalue weighted by Crippen LogP contribution is -2.04. The number of carbonyl (C=O) groups is 1. The zero-order valence-electron chi connectivity index (χ0n) is 13.3. The normalized spacial score (nSPS) is 12.1. The third-order valence-corrected chi connectivity index (χ3v) is 3.33. The predicted molar refractivity (Wildman–Crippen MR) is 87.0 cm³/mol. The van der Waals surface area contributed by atoms with E-state index in [9.17, 15) is 9.90 Å². The van der Waals surface area contributed by atoms with Gasteiger partial charge in [0.1, 0.15) is 0 Å². The van der Waals surface area contributed by atoms with Crippen molar-refractivity contribution in [3.05, 3.63) is 12.2 Å². The maximum atomic E-state index is 10.2. The maximum Gasteiger partial charge on any atom is 0.381 e. The molecule has 120 valence electrons. The van der Waals surface area contributed by atoms with Gasteiger partial charge < -0.3 is 10.2 Å². The van der Waals surface area contributed by atoms with Crippen LogP contribution in [0.3, 0.4) is 0 Å². The number of aliphatic hydroxyl groups excluding tert-OH is 1. The van der Waals surface area contributed by atoms with Crippen molar-refractivity contribution in [3.63, 3.8) is 0 Å². The average Bonchev–Trinajstić information content (AvgIpc) is 2.45. The minimum Gasteiger partial charge on any atom is -0.472 e. The Balaban J connectivity index is 3.36. The smallest absolute Gasteiger partial charge is 0.381 e. The van der Waals surface area contributed by atoms with Gasteiger partial charge in [-0.15, -0.1) is 0 Å². The van der Waals surface area contributed by atoms with Crippen LogP contribution in [0.15, 0.2) is 12.2 Å². The lowest BCUT2D eigenvalue weighted by Gasteiger charge is -2.06. The SMILES string of the molecule is CCCCCC[C@@H](O)CC=CCCCCCC#CC(=O)O. The zero-order valence-corrected chi connectivity index (χ0v) is 13.3. The van der Waals surface area contributed by atoms with Crippen molar-refractivity contribution < 1.29 is 15.0 Å². The van der Waals surface area contributed by atoms with Gasteiger partial charge in [-0.2, -0.15) is 0 Å². The molecule has 0 saturated carbocycles. The molecule has 0 aromatic carbocycles. The number of carboxylic acids is 1. The van der Waals surface area contributed by atoms with Crippen molar-refractivity contribution in [2.45, 2.75) is 83.7 Å². The Labute approximate surface area is 129 Å². The molecular weight excluding hydrogens is 264 g/mol. The van der Waals surface area contributed by atoms with E-state index in [1.54, 1.807) is 0 Å². The topological polar surface area (TPSA) is 57.5 Å². The molecule has 0 aliphatic carbocycles. The molecule has 0 aliphatic rings. The van der Waals surface area contributed by atoms with Gasteiger partial charge in [0.25, 0.3) is 0 Å². The number of carboxylic acid groups (broad SMARTS) is 1. The van der Waals surface area contributed by atoms with E-state index in [-0.39, 0.29) is 6.10 Å². The van der Waals surface area contributed by atoms with Gasteiger partial charge in [0.15, 0.2) is 0 Å². The third kappa shape index (κ3) is 16.7. The number of hydrogen-bond donors (Lipinski definition) is 2. The molecule has 3 nitrogen and oxygen atoms in total. The molecule has 0 bridgehead atoms. The van der Waals surface area contributed by atoms with Gasteiger partial charge in [0.05, 0.1) is 6.10 Å². The Kier molecular flexibility index (Phi) is 14.2. The number of unbranched alkanes of at least 4 members (excludes halogenated alkanes) is 7. The Hall–Kier alpha value is -1.27. The van der Waals surface area contributed by atoms with Crippen LogP contribution in [0.25, 0.3) is 0 Å². The van der Waals surface area contributed by atoms with Crippen LogP contribution in [0.5, 0.6) is 0 Å². The van der Waals surface area contributed by atoms with E-state index < -0.39 is 5.97 Å². The summed E-state index contributed by atoms with van der Waals surface area (Å²) in [5.74, 6) is 3.70.